The van der Waals surface area contributed by atoms with Crippen LogP contribution in [0.5, 0.6) is 5.75 Å². The summed E-state index contributed by atoms with van der Waals surface area (Å²) in [5, 5.41) is 2.44. The Kier molecular flexibility index (Phi) is 6.63. The van der Waals surface area contributed by atoms with Crippen molar-refractivity contribution in [1.82, 2.24) is 0 Å². The van der Waals surface area contributed by atoms with Gasteiger partial charge in [-0.3, -0.25) is 4.79 Å². The molecule has 0 radical (unpaired) electrons. The molecule has 0 atom stereocenters. The van der Waals surface area contributed by atoms with Gasteiger partial charge in [-0.05, 0) is 36.4 Å². The number of ether oxygens (including phenoxy) is 2. The second kappa shape index (κ2) is 9.00. The highest BCUT2D eigenvalue weighted by Crippen LogP contribution is 2.35. The maximum Gasteiger partial charge on any atom is 0.416 e. The van der Waals surface area contributed by atoms with Gasteiger partial charge in [0.15, 0.2) is 18.2 Å². The molecule has 5 nitrogen and oxygen atoms in total. The molecule has 1 amide bonds. The third-order valence-electron chi connectivity index (χ3n) is 4.20. The van der Waals surface area contributed by atoms with E-state index >= 15 is 0 Å². The molecule has 2 aromatic rings. The first-order valence-corrected chi connectivity index (χ1v) is 9.45. The van der Waals surface area contributed by atoms with Crippen LogP contribution in [0.4, 0.5) is 28.9 Å². The van der Waals surface area contributed by atoms with Gasteiger partial charge in [-0.25, -0.2) is 4.39 Å². The minimum absolute atomic E-state index is 0.00611. The summed E-state index contributed by atoms with van der Waals surface area (Å²) in [5.74, 6) is -1.51. The first-order chi connectivity index (χ1) is 13.7. The third kappa shape index (κ3) is 5.60. The van der Waals surface area contributed by atoms with Crippen LogP contribution in [0.1, 0.15) is 5.56 Å². The highest BCUT2D eigenvalue weighted by molar-refractivity contribution is 9.10. The van der Waals surface area contributed by atoms with Gasteiger partial charge in [0.05, 0.1) is 30.2 Å². The molecule has 1 N–H and O–H groups in total. The van der Waals surface area contributed by atoms with E-state index < -0.39 is 30.1 Å². The van der Waals surface area contributed by atoms with Gasteiger partial charge < -0.3 is 19.7 Å². The second-order valence-electron chi connectivity index (χ2n) is 6.24. The first kappa shape index (κ1) is 21.4. The predicted octanol–water partition coefficient (Wildman–Crippen LogP) is 4.46. The topological polar surface area (TPSA) is 50.8 Å². The summed E-state index contributed by atoms with van der Waals surface area (Å²) in [6.45, 7) is 1.27. The van der Waals surface area contributed by atoms with Gasteiger partial charge in [-0.2, -0.15) is 13.2 Å². The van der Waals surface area contributed by atoms with Crippen molar-refractivity contribution >= 4 is 33.2 Å². The smallest absolute Gasteiger partial charge is 0.416 e. The van der Waals surface area contributed by atoms with E-state index in [0.29, 0.717) is 36.5 Å². The van der Waals surface area contributed by atoms with Gasteiger partial charge in [-0.15, -0.1) is 0 Å². The van der Waals surface area contributed by atoms with E-state index in [9.17, 15) is 22.4 Å². The number of carbonyl (C=O) groups is 1. The zero-order chi connectivity index (χ0) is 21.0. The number of halogens is 5. The van der Waals surface area contributed by atoms with E-state index in [1.54, 1.807) is 6.07 Å². The summed E-state index contributed by atoms with van der Waals surface area (Å²) in [6, 6.07) is 7.22. The molecule has 0 aliphatic carbocycles. The molecule has 1 fully saturated rings. The number of amides is 1. The van der Waals surface area contributed by atoms with Crippen LogP contribution >= 0.6 is 15.9 Å². The molecule has 0 spiro atoms. The van der Waals surface area contributed by atoms with Crippen LogP contribution in [0.25, 0.3) is 0 Å². The third-order valence-corrected chi connectivity index (χ3v) is 4.70. The van der Waals surface area contributed by atoms with Crippen molar-refractivity contribution in [3.63, 3.8) is 0 Å². The minimum atomic E-state index is -4.56. The Morgan fingerprint density at radius 2 is 1.90 bits per heavy atom. The molecular formula is C19H17BrF4N2O3. The van der Waals surface area contributed by atoms with Crippen LogP contribution in [0.2, 0.25) is 0 Å². The number of anilines is 2. The van der Waals surface area contributed by atoms with E-state index in [2.05, 4.69) is 21.2 Å². The fourth-order valence-electron chi connectivity index (χ4n) is 2.81. The molecule has 156 valence electrons. The Balaban J connectivity index is 1.76. The number of benzene rings is 2. The molecule has 3 rings (SSSR count). The molecule has 1 aliphatic rings. The zero-order valence-electron chi connectivity index (χ0n) is 15.1. The SMILES string of the molecule is O=C(COc1ccc(Br)cc1F)Nc1cc(C(F)(F)F)ccc1N1CCOCC1. The van der Waals surface area contributed by atoms with Crippen LogP contribution in [-0.2, 0) is 15.7 Å². The summed E-state index contributed by atoms with van der Waals surface area (Å²) >= 11 is 3.11. The van der Waals surface area contributed by atoms with Crippen LogP contribution in [0.15, 0.2) is 40.9 Å². The van der Waals surface area contributed by atoms with E-state index in [4.69, 9.17) is 9.47 Å². The molecule has 1 heterocycles. The fourth-order valence-corrected chi connectivity index (χ4v) is 3.15. The standard InChI is InChI=1S/C19H17BrF4N2O3/c20-13-2-4-17(14(21)10-13)29-11-18(27)25-15-9-12(19(22,23)24)1-3-16(15)26-5-7-28-8-6-26/h1-4,9-10H,5-8,11H2,(H,25,27). The highest BCUT2D eigenvalue weighted by atomic mass is 79.9. The number of nitrogens with zero attached hydrogens (tertiary/aromatic N) is 1. The maximum absolute atomic E-state index is 13.8. The molecule has 1 aliphatic heterocycles. The number of hydrogen-bond acceptors (Lipinski definition) is 4. The lowest BCUT2D eigenvalue weighted by Gasteiger charge is -2.31. The van der Waals surface area contributed by atoms with Gasteiger partial charge in [0, 0.05) is 17.6 Å². The summed E-state index contributed by atoms with van der Waals surface area (Å²) < 4.78 is 64.0. The molecule has 0 bridgehead atoms. The van der Waals surface area contributed by atoms with Crippen molar-refractivity contribution in [2.75, 3.05) is 43.1 Å². The lowest BCUT2D eigenvalue weighted by atomic mass is 10.1. The molecule has 29 heavy (non-hydrogen) atoms. The van der Waals surface area contributed by atoms with Crippen molar-refractivity contribution in [3.05, 3.63) is 52.3 Å². The van der Waals surface area contributed by atoms with Crippen LogP contribution in [0, 0.1) is 5.82 Å². The van der Waals surface area contributed by atoms with Crippen molar-refractivity contribution in [1.29, 1.82) is 0 Å². The largest absolute Gasteiger partial charge is 0.481 e. The Labute approximate surface area is 172 Å². The molecule has 0 aromatic heterocycles. The Morgan fingerprint density at radius 1 is 1.17 bits per heavy atom. The predicted molar refractivity (Wildman–Crippen MR) is 103 cm³/mol. The van der Waals surface area contributed by atoms with E-state index in [-0.39, 0.29) is 11.4 Å². The fraction of sp³-hybridized carbons (Fsp3) is 0.316. The summed E-state index contributed by atoms with van der Waals surface area (Å²) in [4.78, 5) is 14.1. The van der Waals surface area contributed by atoms with Crippen molar-refractivity contribution in [2.45, 2.75) is 6.18 Å². The summed E-state index contributed by atoms with van der Waals surface area (Å²) in [6.07, 6.45) is -4.56. The Hall–Kier alpha value is -2.33. The number of carbonyl (C=O) groups excluding carboxylic acids is 1. The van der Waals surface area contributed by atoms with Crippen molar-refractivity contribution in [2.24, 2.45) is 0 Å². The Bertz CT molecular complexity index is 886. The molecule has 1 saturated heterocycles. The van der Waals surface area contributed by atoms with Gasteiger partial charge >= 0.3 is 6.18 Å². The number of hydrogen-bond donors (Lipinski definition) is 1. The average Bonchev–Trinajstić information content (AvgIpc) is 2.67. The van der Waals surface area contributed by atoms with Crippen LogP contribution < -0.4 is 15.0 Å². The minimum Gasteiger partial charge on any atom is -0.481 e. The van der Waals surface area contributed by atoms with Gasteiger partial charge in [-0.1, -0.05) is 15.9 Å². The van der Waals surface area contributed by atoms with Gasteiger partial charge in [0.25, 0.3) is 5.91 Å². The number of nitrogens with one attached hydrogen (secondary N) is 1. The first-order valence-electron chi connectivity index (χ1n) is 8.65. The van der Waals surface area contributed by atoms with E-state index in [1.165, 1.54) is 18.2 Å². The van der Waals surface area contributed by atoms with Gasteiger partial charge in [0.2, 0.25) is 0 Å². The average molecular weight is 477 g/mol. The van der Waals surface area contributed by atoms with Crippen LogP contribution in [0.3, 0.4) is 0 Å². The molecule has 0 saturated carbocycles. The van der Waals surface area contributed by atoms with Crippen molar-refractivity contribution < 1.29 is 31.8 Å². The molecule has 0 unspecified atom stereocenters. The second-order valence-corrected chi connectivity index (χ2v) is 7.16. The zero-order valence-corrected chi connectivity index (χ0v) is 16.6. The normalized spacial score (nSPS) is 14.6. The Morgan fingerprint density at radius 3 is 2.55 bits per heavy atom. The highest BCUT2D eigenvalue weighted by Gasteiger charge is 2.32. The quantitative estimate of drug-likeness (QED) is 0.647. The lowest BCUT2D eigenvalue weighted by Crippen LogP contribution is -2.37. The van der Waals surface area contributed by atoms with Crippen LogP contribution in [-0.4, -0.2) is 38.8 Å². The summed E-state index contributed by atoms with van der Waals surface area (Å²) in [7, 11) is 0. The number of rotatable bonds is 5. The molecule has 10 heteroatoms. The van der Waals surface area contributed by atoms with E-state index in [1.807, 2.05) is 4.90 Å². The van der Waals surface area contributed by atoms with Crippen molar-refractivity contribution in [3.8, 4) is 5.75 Å². The van der Waals surface area contributed by atoms with Gasteiger partial charge in [0.1, 0.15) is 0 Å². The monoisotopic (exact) mass is 476 g/mol. The van der Waals surface area contributed by atoms with E-state index in [0.717, 1.165) is 12.1 Å². The summed E-state index contributed by atoms with van der Waals surface area (Å²) in [5.41, 5.74) is -0.430. The molecule has 2 aromatic carbocycles. The number of morpholine rings is 1. The lowest BCUT2D eigenvalue weighted by molar-refractivity contribution is -0.137. The molecular weight excluding hydrogens is 460 g/mol. The maximum atomic E-state index is 13.8. The number of alkyl halides is 3.